The van der Waals surface area contributed by atoms with E-state index >= 15 is 0 Å². The van der Waals surface area contributed by atoms with Crippen LogP contribution in [0.2, 0.25) is 0 Å². The van der Waals surface area contributed by atoms with Crippen LogP contribution in [0.1, 0.15) is 38.1 Å². The maximum atomic E-state index is 12.9. The Morgan fingerprint density at radius 2 is 1.66 bits per heavy atom. The molecule has 0 spiro atoms. The average Bonchev–Trinajstić information content (AvgIpc) is 2.68. The molecule has 0 aromatic heterocycles. The number of rotatable bonds is 8. The van der Waals surface area contributed by atoms with Gasteiger partial charge in [-0.05, 0) is 44.0 Å². The zero-order valence-corrected chi connectivity index (χ0v) is 18.4. The molecular weight excluding hydrogens is 394 g/mol. The van der Waals surface area contributed by atoms with E-state index in [1.54, 1.807) is 6.92 Å². The molecule has 1 fully saturated rings. The van der Waals surface area contributed by atoms with Gasteiger partial charge in [0.1, 0.15) is 0 Å². The minimum atomic E-state index is -3.64. The summed E-state index contributed by atoms with van der Waals surface area (Å²) in [7, 11) is -3.64. The monoisotopic (exact) mass is 425 g/mol. The molecule has 1 saturated heterocycles. The van der Waals surface area contributed by atoms with Crippen LogP contribution in [0.3, 0.4) is 0 Å². The molecule has 0 bridgehead atoms. The van der Waals surface area contributed by atoms with Gasteiger partial charge in [-0.2, -0.15) is 4.31 Å². The summed E-state index contributed by atoms with van der Waals surface area (Å²) in [6.45, 7) is 9.92. The van der Waals surface area contributed by atoms with Gasteiger partial charge in [-0.1, -0.05) is 13.8 Å². The highest BCUT2D eigenvalue weighted by Crippen LogP contribution is 2.18. The van der Waals surface area contributed by atoms with Crippen LogP contribution in [0.4, 0.5) is 0 Å². The minimum absolute atomic E-state index is 0.0444. The Morgan fingerprint density at radius 1 is 1.07 bits per heavy atom. The van der Waals surface area contributed by atoms with Gasteiger partial charge in [0, 0.05) is 32.2 Å². The largest absolute Gasteiger partial charge is 0.462 e. The van der Waals surface area contributed by atoms with E-state index in [0.29, 0.717) is 37.7 Å². The SMILES string of the molecule is CCOC(=O)c1ccc(S(=O)(=O)N2CCN(CC(=O)N[C@H](C)C(C)C)CC2)cc1. The van der Waals surface area contributed by atoms with Crippen molar-refractivity contribution in [2.75, 3.05) is 39.3 Å². The van der Waals surface area contributed by atoms with Crippen LogP contribution in [0.5, 0.6) is 0 Å². The second-order valence-electron chi connectivity index (χ2n) is 7.53. The summed E-state index contributed by atoms with van der Waals surface area (Å²) in [6, 6.07) is 5.87. The zero-order valence-electron chi connectivity index (χ0n) is 17.6. The molecule has 1 heterocycles. The normalized spacial score (nSPS) is 17.1. The lowest BCUT2D eigenvalue weighted by Gasteiger charge is -2.33. The molecule has 1 N–H and O–H groups in total. The van der Waals surface area contributed by atoms with Gasteiger partial charge in [-0.15, -0.1) is 0 Å². The number of nitrogens with zero attached hydrogens (tertiary/aromatic N) is 2. The van der Waals surface area contributed by atoms with Gasteiger partial charge in [-0.25, -0.2) is 13.2 Å². The fourth-order valence-electron chi connectivity index (χ4n) is 2.92. The van der Waals surface area contributed by atoms with Crippen LogP contribution >= 0.6 is 0 Å². The highest BCUT2D eigenvalue weighted by molar-refractivity contribution is 7.89. The van der Waals surface area contributed by atoms with E-state index in [1.807, 2.05) is 25.7 Å². The van der Waals surface area contributed by atoms with E-state index in [-0.39, 0.29) is 30.0 Å². The fourth-order valence-corrected chi connectivity index (χ4v) is 4.35. The highest BCUT2D eigenvalue weighted by atomic mass is 32.2. The number of carbonyl (C=O) groups excluding carboxylic acids is 2. The van der Waals surface area contributed by atoms with E-state index in [0.717, 1.165) is 0 Å². The molecule has 1 aliphatic rings. The number of amides is 1. The van der Waals surface area contributed by atoms with Gasteiger partial charge >= 0.3 is 5.97 Å². The topological polar surface area (TPSA) is 96.0 Å². The number of ether oxygens (including phenoxy) is 1. The van der Waals surface area contributed by atoms with Gasteiger partial charge in [-0.3, -0.25) is 9.69 Å². The molecule has 0 aliphatic carbocycles. The van der Waals surface area contributed by atoms with Crippen LogP contribution < -0.4 is 5.32 Å². The summed E-state index contributed by atoms with van der Waals surface area (Å²) in [4.78, 5) is 26.0. The first-order valence-corrected chi connectivity index (χ1v) is 11.4. The van der Waals surface area contributed by atoms with E-state index in [2.05, 4.69) is 5.32 Å². The van der Waals surface area contributed by atoms with Crippen molar-refractivity contribution in [3.63, 3.8) is 0 Å². The molecular formula is C20H31N3O5S. The van der Waals surface area contributed by atoms with Crippen molar-refractivity contribution < 1.29 is 22.7 Å². The smallest absolute Gasteiger partial charge is 0.338 e. The molecule has 1 amide bonds. The summed E-state index contributed by atoms with van der Waals surface area (Å²) in [5.74, 6) is -0.164. The molecule has 9 heteroatoms. The number of hydrogen-bond donors (Lipinski definition) is 1. The molecule has 2 rings (SSSR count). The van der Waals surface area contributed by atoms with Crippen LogP contribution in [-0.4, -0.2) is 74.9 Å². The first-order chi connectivity index (χ1) is 13.6. The first-order valence-electron chi connectivity index (χ1n) is 9.94. The number of esters is 1. The Bertz CT molecular complexity index is 800. The number of sulfonamides is 1. The van der Waals surface area contributed by atoms with Crippen molar-refractivity contribution in [2.45, 2.75) is 38.6 Å². The Kier molecular flexibility index (Phi) is 8.18. The van der Waals surface area contributed by atoms with Gasteiger partial charge < -0.3 is 10.1 Å². The lowest BCUT2D eigenvalue weighted by atomic mass is 10.1. The quantitative estimate of drug-likeness (QED) is 0.632. The summed E-state index contributed by atoms with van der Waals surface area (Å²) in [5, 5.41) is 2.97. The molecule has 1 aromatic rings. The van der Waals surface area contributed by atoms with Gasteiger partial charge in [0.15, 0.2) is 0 Å². The van der Waals surface area contributed by atoms with Crippen LogP contribution in [-0.2, 0) is 19.6 Å². The van der Waals surface area contributed by atoms with Crippen molar-refractivity contribution in [1.82, 2.24) is 14.5 Å². The summed E-state index contributed by atoms with van der Waals surface area (Å²) in [6.07, 6.45) is 0. The first kappa shape index (κ1) is 23.3. The number of benzene rings is 1. The van der Waals surface area contributed by atoms with Gasteiger partial charge in [0.2, 0.25) is 15.9 Å². The number of piperazine rings is 1. The molecule has 8 nitrogen and oxygen atoms in total. The lowest BCUT2D eigenvalue weighted by Crippen LogP contribution is -2.51. The standard InChI is InChI=1S/C20H31N3O5S/c1-5-28-20(25)17-6-8-18(9-7-17)29(26,27)23-12-10-22(11-13-23)14-19(24)21-16(4)15(2)3/h6-9,15-16H,5,10-14H2,1-4H3,(H,21,24)/t16-/m1/s1. The highest BCUT2D eigenvalue weighted by Gasteiger charge is 2.29. The number of nitrogens with one attached hydrogen (secondary N) is 1. The van der Waals surface area contributed by atoms with Crippen LogP contribution in [0.25, 0.3) is 0 Å². The molecule has 1 atom stereocenters. The van der Waals surface area contributed by atoms with Gasteiger partial charge in [0.25, 0.3) is 0 Å². The molecule has 1 aromatic carbocycles. The Hall–Kier alpha value is -1.97. The molecule has 162 valence electrons. The maximum absolute atomic E-state index is 12.9. The Balaban J connectivity index is 1.92. The maximum Gasteiger partial charge on any atom is 0.338 e. The van der Waals surface area contributed by atoms with E-state index in [9.17, 15) is 18.0 Å². The summed E-state index contributed by atoms with van der Waals surface area (Å²) in [5.41, 5.74) is 0.317. The number of carbonyl (C=O) groups is 2. The minimum Gasteiger partial charge on any atom is -0.462 e. The molecule has 0 radical (unpaired) electrons. The van der Waals surface area contributed by atoms with E-state index < -0.39 is 16.0 Å². The molecule has 0 saturated carbocycles. The second-order valence-corrected chi connectivity index (χ2v) is 9.46. The van der Waals surface area contributed by atoms with Crippen molar-refractivity contribution >= 4 is 21.9 Å². The summed E-state index contributed by atoms with van der Waals surface area (Å²) < 4.78 is 32.0. The predicted octanol–water partition coefficient (Wildman–Crippen LogP) is 1.33. The van der Waals surface area contributed by atoms with Crippen molar-refractivity contribution in [1.29, 1.82) is 0 Å². The third kappa shape index (κ3) is 6.25. The second kappa shape index (κ2) is 10.2. The van der Waals surface area contributed by atoms with Crippen molar-refractivity contribution in [3.8, 4) is 0 Å². The summed E-state index contributed by atoms with van der Waals surface area (Å²) >= 11 is 0. The zero-order chi connectivity index (χ0) is 21.6. The predicted molar refractivity (Wildman–Crippen MR) is 110 cm³/mol. The molecule has 29 heavy (non-hydrogen) atoms. The van der Waals surface area contributed by atoms with E-state index in [1.165, 1.54) is 28.6 Å². The average molecular weight is 426 g/mol. The lowest BCUT2D eigenvalue weighted by molar-refractivity contribution is -0.123. The third-order valence-electron chi connectivity index (χ3n) is 5.09. The van der Waals surface area contributed by atoms with Crippen LogP contribution in [0.15, 0.2) is 29.2 Å². The van der Waals surface area contributed by atoms with Crippen molar-refractivity contribution in [3.05, 3.63) is 29.8 Å². The van der Waals surface area contributed by atoms with Crippen LogP contribution in [0, 0.1) is 5.92 Å². The number of hydrogen-bond acceptors (Lipinski definition) is 6. The molecule has 1 aliphatic heterocycles. The van der Waals surface area contributed by atoms with Crippen molar-refractivity contribution in [2.24, 2.45) is 5.92 Å². The van der Waals surface area contributed by atoms with Gasteiger partial charge in [0.05, 0.1) is 23.6 Å². The Labute approximate surface area is 173 Å². The Morgan fingerprint density at radius 3 is 2.17 bits per heavy atom. The third-order valence-corrected chi connectivity index (χ3v) is 7.00. The van der Waals surface area contributed by atoms with E-state index in [4.69, 9.17) is 4.74 Å². The fraction of sp³-hybridized carbons (Fsp3) is 0.600. The molecule has 0 unspecified atom stereocenters.